The van der Waals surface area contributed by atoms with Crippen molar-refractivity contribution in [2.45, 2.75) is 12.5 Å². The molecule has 0 aliphatic rings. The maximum absolute atomic E-state index is 8.93. The van der Waals surface area contributed by atoms with E-state index >= 15 is 0 Å². The Morgan fingerprint density at radius 1 is 1.21 bits per heavy atom. The number of hydrogen-bond acceptors (Lipinski definition) is 4. The van der Waals surface area contributed by atoms with Gasteiger partial charge in [0.1, 0.15) is 6.07 Å². The lowest BCUT2D eigenvalue weighted by Gasteiger charge is -2.13. The van der Waals surface area contributed by atoms with Crippen LogP contribution < -0.4 is 11.1 Å². The Labute approximate surface area is 112 Å². The maximum atomic E-state index is 8.93. The third-order valence-electron chi connectivity index (χ3n) is 2.91. The molecule has 4 nitrogen and oxygen atoms in total. The van der Waals surface area contributed by atoms with Crippen LogP contribution in [0, 0.1) is 11.3 Å². The molecule has 0 bridgehead atoms. The fraction of sp³-hybridized carbons (Fsp3) is 0.200. The van der Waals surface area contributed by atoms with E-state index in [9.17, 15) is 0 Å². The molecule has 4 heteroatoms. The molecular weight excluding hydrogens is 236 g/mol. The molecule has 1 aromatic heterocycles. The summed E-state index contributed by atoms with van der Waals surface area (Å²) in [5, 5.41) is 12.1. The van der Waals surface area contributed by atoms with Gasteiger partial charge < -0.3 is 11.1 Å². The maximum Gasteiger partial charge on any atom is 0.163 e. The summed E-state index contributed by atoms with van der Waals surface area (Å²) in [6.45, 7) is 0.705. The summed E-state index contributed by atoms with van der Waals surface area (Å²) < 4.78 is 0. The van der Waals surface area contributed by atoms with Gasteiger partial charge in [-0.15, -0.1) is 0 Å². The second kappa shape index (κ2) is 6.53. The highest BCUT2D eigenvalue weighted by Gasteiger charge is 2.06. The van der Waals surface area contributed by atoms with E-state index in [4.69, 9.17) is 11.0 Å². The molecule has 2 rings (SSSR count). The predicted molar refractivity (Wildman–Crippen MR) is 75.4 cm³/mol. The van der Waals surface area contributed by atoms with Crippen LogP contribution in [0.1, 0.15) is 23.7 Å². The molecule has 19 heavy (non-hydrogen) atoms. The lowest BCUT2D eigenvalue weighted by molar-refractivity contribution is 0.675. The van der Waals surface area contributed by atoms with Gasteiger partial charge in [-0.2, -0.15) is 5.26 Å². The predicted octanol–water partition coefficient (Wildman–Crippen LogP) is 2.46. The van der Waals surface area contributed by atoms with E-state index in [-0.39, 0.29) is 6.04 Å². The third kappa shape index (κ3) is 3.54. The number of hydrogen-bond donors (Lipinski definition) is 2. The quantitative estimate of drug-likeness (QED) is 0.857. The molecule has 0 saturated heterocycles. The number of rotatable bonds is 5. The summed E-state index contributed by atoms with van der Waals surface area (Å²) in [4.78, 5) is 4.00. The van der Waals surface area contributed by atoms with Crippen LogP contribution in [0.15, 0.2) is 48.7 Å². The number of nitrogens with zero attached hydrogens (tertiary/aromatic N) is 2. The number of nitrogens with two attached hydrogens (primary N) is 1. The van der Waals surface area contributed by atoms with Crippen molar-refractivity contribution in [3.63, 3.8) is 0 Å². The van der Waals surface area contributed by atoms with Crippen LogP contribution >= 0.6 is 0 Å². The van der Waals surface area contributed by atoms with Crippen molar-refractivity contribution in [1.29, 1.82) is 5.26 Å². The fourth-order valence-electron chi connectivity index (χ4n) is 1.87. The Morgan fingerprint density at radius 3 is 2.74 bits per heavy atom. The van der Waals surface area contributed by atoms with E-state index in [1.807, 2.05) is 36.4 Å². The normalized spacial score (nSPS) is 11.6. The van der Waals surface area contributed by atoms with Gasteiger partial charge in [-0.3, -0.25) is 0 Å². The highest BCUT2D eigenvalue weighted by molar-refractivity contribution is 5.53. The second-order valence-corrected chi connectivity index (χ2v) is 4.24. The first-order valence-electron chi connectivity index (χ1n) is 6.21. The summed E-state index contributed by atoms with van der Waals surface area (Å²) in [5.41, 5.74) is 8.40. The molecule has 1 atom stereocenters. The Balaban J connectivity index is 1.89. The summed E-state index contributed by atoms with van der Waals surface area (Å²) in [6, 6.07) is 15.7. The second-order valence-electron chi connectivity index (χ2n) is 4.24. The van der Waals surface area contributed by atoms with Crippen molar-refractivity contribution >= 4 is 5.69 Å². The minimum atomic E-state index is -0.00379. The van der Waals surface area contributed by atoms with Crippen molar-refractivity contribution in [1.82, 2.24) is 4.98 Å². The van der Waals surface area contributed by atoms with Gasteiger partial charge in [0.15, 0.2) is 5.69 Å². The molecule has 1 unspecified atom stereocenters. The van der Waals surface area contributed by atoms with Crippen molar-refractivity contribution in [2.24, 2.45) is 5.73 Å². The highest BCUT2D eigenvalue weighted by Crippen LogP contribution is 2.15. The number of aromatic nitrogens is 1. The minimum absolute atomic E-state index is 0.00379. The van der Waals surface area contributed by atoms with Gasteiger partial charge in [0.25, 0.3) is 0 Å². The summed E-state index contributed by atoms with van der Waals surface area (Å²) >= 11 is 0. The highest BCUT2D eigenvalue weighted by atomic mass is 14.9. The summed E-state index contributed by atoms with van der Waals surface area (Å²) in [7, 11) is 0. The average Bonchev–Trinajstić information content (AvgIpc) is 2.48. The van der Waals surface area contributed by atoms with E-state index in [0.717, 1.165) is 17.7 Å². The van der Waals surface area contributed by atoms with Gasteiger partial charge >= 0.3 is 0 Å². The van der Waals surface area contributed by atoms with Crippen LogP contribution in [0.3, 0.4) is 0 Å². The molecule has 0 amide bonds. The van der Waals surface area contributed by atoms with Crippen molar-refractivity contribution in [3.8, 4) is 6.07 Å². The smallest absolute Gasteiger partial charge is 0.163 e. The molecule has 0 fully saturated rings. The molecule has 0 spiro atoms. The zero-order chi connectivity index (χ0) is 13.5. The lowest BCUT2D eigenvalue weighted by atomic mass is 10.1. The van der Waals surface area contributed by atoms with Crippen LogP contribution in [0.2, 0.25) is 0 Å². The first-order chi connectivity index (χ1) is 9.31. The molecular formula is C15H16N4. The van der Waals surface area contributed by atoms with Gasteiger partial charge in [-0.1, -0.05) is 30.3 Å². The third-order valence-corrected chi connectivity index (χ3v) is 2.91. The molecule has 0 aliphatic carbocycles. The molecule has 1 aromatic carbocycles. The van der Waals surface area contributed by atoms with Crippen molar-refractivity contribution in [2.75, 3.05) is 11.9 Å². The molecule has 0 radical (unpaired) electrons. The van der Waals surface area contributed by atoms with E-state index in [1.54, 1.807) is 12.3 Å². The van der Waals surface area contributed by atoms with Gasteiger partial charge in [0, 0.05) is 18.8 Å². The Bertz CT molecular complexity index is 560. The van der Waals surface area contributed by atoms with Gasteiger partial charge in [-0.05, 0) is 24.1 Å². The van der Waals surface area contributed by atoms with Crippen LogP contribution in [-0.4, -0.2) is 11.5 Å². The largest absolute Gasteiger partial charge is 0.383 e. The zero-order valence-electron chi connectivity index (χ0n) is 10.6. The molecule has 96 valence electrons. The lowest BCUT2D eigenvalue weighted by Crippen LogP contribution is -2.15. The van der Waals surface area contributed by atoms with E-state index in [0.29, 0.717) is 12.2 Å². The number of nitrogens with one attached hydrogen (secondary N) is 1. The number of benzene rings is 1. The number of nitriles is 1. The minimum Gasteiger partial charge on any atom is -0.383 e. The molecule has 0 saturated carbocycles. The zero-order valence-corrected chi connectivity index (χ0v) is 10.6. The molecule has 2 aromatic rings. The number of anilines is 1. The van der Waals surface area contributed by atoms with E-state index in [1.165, 1.54) is 0 Å². The van der Waals surface area contributed by atoms with E-state index < -0.39 is 0 Å². The average molecular weight is 252 g/mol. The van der Waals surface area contributed by atoms with Gasteiger partial charge in [0.2, 0.25) is 0 Å². The monoisotopic (exact) mass is 252 g/mol. The molecule has 1 heterocycles. The Kier molecular flexibility index (Phi) is 4.49. The summed E-state index contributed by atoms with van der Waals surface area (Å²) in [5.74, 6) is 0. The molecule has 0 aliphatic heterocycles. The van der Waals surface area contributed by atoms with Crippen molar-refractivity contribution in [3.05, 3.63) is 59.9 Å². The summed E-state index contributed by atoms with van der Waals surface area (Å²) in [6.07, 6.45) is 2.41. The number of pyridine rings is 1. The first-order valence-corrected chi connectivity index (χ1v) is 6.21. The topological polar surface area (TPSA) is 74.7 Å². The standard InChI is InChI=1S/C15H16N4/c16-11-15-14(7-4-9-18-15)19-10-8-13(17)12-5-2-1-3-6-12/h1-7,9,13,19H,8,10,17H2. The van der Waals surface area contributed by atoms with Crippen LogP contribution in [0.5, 0.6) is 0 Å². The van der Waals surface area contributed by atoms with Gasteiger partial charge in [0.05, 0.1) is 5.69 Å². The first kappa shape index (κ1) is 13.1. The van der Waals surface area contributed by atoms with Crippen LogP contribution in [0.25, 0.3) is 0 Å². The SMILES string of the molecule is N#Cc1ncccc1NCCC(N)c1ccccc1. The fourth-order valence-corrected chi connectivity index (χ4v) is 1.87. The Hall–Kier alpha value is -2.38. The van der Waals surface area contributed by atoms with Crippen molar-refractivity contribution < 1.29 is 0 Å². The van der Waals surface area contributed by atoms with Crippen LogP contribution in [-0.2, 0) is 0 Å². The molecule has 3 N–H and O–H groups in total. The Morgan fingerprint density at radius 2 is 2.00 bits per heavy atom. The van der Waals surface area contributed by atoms with Crippen LogP contribution in [0.4, 0.5) is 5.69 Å². The van der Waals surface area contributed by atoms with Gasteiger partial charge in [-0.25, -0.2) is 4.98 Å². The van der Waals surface area contributed by atoms with E-state index in [2.05, 4.69) is 16.4 Å².